The van der Waals surface area contributed by atoms with Crippen LogP contribution in [0.4, 0.5) is 0 Å². The van der Waals surface area contributed by atoms with Crippen molar-refractivity contribution in [2.24, 2.45) is 0 Å². The first-order valence-electron chi connectivity index (χ1n) is 4.93. The molecular weight excluding hydrogens is 198 g/mol. The molecule has 0 aromatic heterocycles. The molecule has 1 rings (SSSR count). The highest BCUT2D eigenvalue weighted by molar-refractivity contribution is 7.80. The predicted octanol–water partition coefficient (Wildman–Crippen LogP) is 0.834. The van der Waals surface area contributed by atoms with E-state index in [1.807, 2.05) is 6.92 Å². The Labute approximate surface area is 89.8 Å². The Bertz CT molecular complexity index is 238. The van der Waals surface area contributed by atoms with E-state index in [2.05, 4.69) is 23.1 Å². The Hall–Kier alpha value is -0.840. The molecular formula is C9H17N3OS. The minimum Gasteiger partial charge on any atom is -0.356 e. The molecule has 0 bridgehead atoms. The molecule has 1 saturated carbocycles. The smallest absolute Gasteiger partial charge is 0.238 e. The summed E-state index contributed by atoms with van der Waals surface area (Å²) in [6, 6.07) is 0. The Morgan fingerprint density at radius 3 is 2.57 bits per heavy atom. The number of hydrogen-bond acceptors (Lipinski definition) is 2. The summed E-state index contributed by atoms with van der Waals surface area (Å²) in [4.78, 5) is 11.1. The molecule has 14 heavy (non-hydrogen) atoms. The van der Waals surface area contributed by atoms with E-state index in [1.54, 1.807) is 0 Å². The van der Waals surface area contributed by atoms with Crippen LogP contribution >= 0.6 is 12.2 Å². The highest BCUT2D eigenvalue weighted by Crippen LogP contribution is 2.33. The lowest BCUT2D eigenvalue weighted by atomic mass is 10.3. The first-order valence-corrected chi connectivity index (χ1v) is 5.33. The second-order valence-electron chi connectivity index (χ2n) is 3.94. The molecule has 5 heteroatoms. The first-order chi connectivity index (χ1) is 6.56. The fourth-order valence-electron chi connectivity index (χ4n) is 1.03. The molecule has 0 heterocycles. The second kappa shape index (κ2) is 4.59. The average molecular weight is 215 g/mol. The minimum atomic E-state index is -0.0300. The van der Waals surface area contributed by atoms with E-state index in [1.165, 1.54) is 0 Å². The van der Waals surface area contributed by atoms with Gasteiger partial charge in [0.05, 0.1) is 0 Å². The maximum atomic E-state index is 11.1. The van der Waals surface area contributed by atoms with E-state index in [9.17, 15) is 4.79 Å². The van der Waals surface area contributed by atoms with Crippen molar-refractivity contribution < 1.29 is 4.79 Å². The van der Waals surface area contributed by atoms with Crippen molar-refractivity contribution in [3.63, 3.8) is 0 Å². The third kappa shape index (κ3) is 3.91. The number of nitrogens with one attached hydrogen (secondary N) is 3. The van der Waals surface area contributed by atoms with E-state index in [0.29, 0.717) is 11.5 Å². The minimum absolute atomic E-state index is 0.0300. The topological polar surface area (TPSA) is 53.2 Å². The molecule has 1 aliphatic rings. The summed E-state index contributed by atoms with van der Waals surface area (Å²) in [5.41, 5.74) is 5.38. The van der Waals surface area contributed by atoms with Crippen LogP contribution in [0.15, 0.2) is 0 Å². The highest BCUT2D eigenvalue weighted by Gasteiger charge is 2.37. The van der Waals surface area contributed by atoms with Crippen LogP contribution in [0, 0.1) is 0 Å². The van der Waals surface area contributed by atoms with Crippen molar-refractivity contribution in [1.82, 2.24) is 16.2 Å². The quantitative estimate of drug-likeness (QED) is 0.482. The molecule has 0 aliphatic heterocycles. The summed E-state index contributed by atoms with van der Waals surface area (Å²) < 4.78 is 0. The lowest BCUT2D eigenvalue weighted by Crippen LogP contribution is -2.49. The van der Waals surface area contributed by atoms with Gasteiger partial charge in [-0.15, -0.1) is 0 Å². The SMILES string of the molecule is CCCC(=O)NNC(=S)NC1(C)CC1. The second-order valence-corrected chi connectivity index (χ2v) is 4.35. The van der Waals surface area contributed by atoms with E-state index in [-0.39, 0.29) is 11.4 Å². The van der Waals surface area contributed by atoms with Crippen LogP contribution in [-0.2, 0) is 4.79 Å². The normalized spacial score (nSPS) is 17.0. The third-order valence-electron chi connectivity index (χ3n) is 2.21. The van der Waals surface area contributed by atoms with Crippen LogP contribution < -0.4 is 16.2 Å². The zero-order chi connectivity index (χ0) is 10.6. The van der Waals surface area contributed by atoms with Gasteiger partial charge in [0.1, 0.15) is 0 Å². The van der Waals surface area contributed by atoms with Crippen molar-refractivity contribution in [2.45, 2.75) is 45.1 Å². The van der Waals surface area contributed by atoms with Gasteiger partial charge in [-0.2, -0.15) is 0 Å². The van der Waals surface area contributed by atoms with Gasteiger partial charge >= 0.3 is 0 Å². The zero-order valence-corrected chi connectivity index (χ0v) is 9.46. The fourth-order valence-corrected chi connectivity index (χ4v) is 1.33. The van der Waals surface area contributed by atoms with E-state index < -0.39 is 0 Å². The maximum Gasteiger partial charge on any atom is 0.238 e. The van der Waals surface area contributed by atoms with Crippen molar-refractivity contribution in [1.29, 1.82) is 0 Å². The highest BCUT2D eigenvalue weighted by atomic mass is 32.1. The lowest BCUT2D eigenvalue weighted by Gasteiger charge is -2.15. The molecule has 80 valence electrons. The Balaban J connectivity index is 2.11. The zero-order valence-electron chi connectivity index (χ0n) is 8.64. The van der Waals surface area contributed by atoms with E-state index in [4.69, 9.17) is 12.2 Å². The third-order valence-corrected chi connectivity index (χ3v) is 2.41. The van der Waals surface area contributed by atoms with Gasteiger partial charge < -0.3 is 5.32 Å². The maximum absolute atomic E-state index is 11.1. The number of thiocarbonyl (C=S) groups is 1. The summed E-state index contributed by atoms with van der Waals surface area (Å²) in [5, 5.41) is 3.63. The molecule has 4 nitrogen and oxygen atoms in total. The van der Waals surface area contributed by atoms with Gasteiger partial charge in [-0.3, -0.25) is 15.6 Å². The van der Waals surface area contributed by atoms with Gasteiger partial charge in [0, 0.05) is 12.0 Å². The number of hydrogen-bond donors (Lipinski definition) is 3. The molecule has 0 radical (unpaired) electrons. The lowest BCUT2D eigenvalue weighted by molar-refractivity contribution is -0.121. The summed E-state index contributed by atoms with van der Waals surface area (Å²) in [7, 11) is 0. The summed E-state index contributed by atoms with van der Waals surface area (Å²) in [5.74, 6) is -0.0300. The largest absolute Gasteiger partial charge is 0.356 e. The number of carbonyl (C=O) groups is 1. The number of amides is 1. The molecule has 3 N–H and O–H groups in total. The molecule has 0 aromatic rings. The number of rotatable bonds is 3. The fraction of sp³-hybridized carbons (Fsp3) is 0.778. The van der Waals surface area contributed by atoms with Gasteiger partial charge in [0.25, 0.3) is 0 Å². The molecule has 1 aliphatic carbocycles. The first kappa shape index (κ1) is 11.2. The van der Waals surface area contributed by atoms with Gasteiger partial charge in [-0.05, 0) is 38.4 Å². The molecule has 1 amide bonds. The summed E-state index contributed by atoms with van der Waals surface area (Å²) in [6.45, 7) is 4.07. The standard InChI is InChI=1S/C9H17N3OS/c1-3-4-7(13)11-12-8(14)10-9(2)5-6-9/h3-6H2,1-2H3,(H,11,13)(H2,10,12,14). The molecule has 0 aromatic carbocycles. The molecule has 0 saturated heterocycles. The van der Waals surface area contributed by atoms with Gasteiger partial charge in [0.2, 0.25) is 5.91 Å². The van der Waals surface area contributed by atoms with Crippen molar-refractivity contribution in [3.05, 3.63) is 0 Å². The monoisotopic (exact) mass is 215 g/mol. The Kier molecular flexibility index (Phi) is 3.69. The van der Waals surface area contributed by atoms with Gasteiger partial charge in [0.15, 0.2) is 5.11 Å². The van der Waals surface area contributed by atoms with Gasteiger partial charge in [-0.1, -0.05) is 6.92 Å². The molecule has 1 fully saturated rings. The van der Waals surface area contributed by atoms with Gasteiger partial charge in [-0.25, -0.2) is 0 Å². The number of carbonyl (C=O) groups excluding carboxylic acids is 1. The average Bonchev–Trinajstić information content (AvgIpc) is 2.80. The Morgan fingerprint density at radius 1 is 1.43 bits per heavy atom. The van der Waals surface area contributed by atoms with Crippen LogP contribution in [-0.4, -0.2) is 16.6 Å². The molecule has 0 unspecified atom stereocenters. The van der Waals surface area contributed by atoms with Crippen molar-refractivity contribution in [2.75, 3.05) is 0 Å². The van der Waals surface area contributed by atoms with E-state index in [0.717, 1.165) is 19.3 Å². The van der Waals surface area contributed by atoms with Crippen LogP contribution in [0.1, 0.15) is 39.5 Å². The van der Waals surface area contributed by atoms with Crippen molar-refractivity contribution in [3.8, 4) is 0 Å². The molecule has 0 spiro atoms. The van der Waals surface area contributed by atoms with E-state index >= 15 is 0 Å². The van der Waals surface area contributed by atoms with Crippen LogP contribution in [0.2, 0.25) is 0 Å². The molecule has 0 atom stereocenters. The van der Waals surface area contributed by atoms with Crippen LogP contribution in [0.5, 0.6) is 0 Å². The van der Waals surface area contributed by atoms with Crippen LogP contribution in [0.3, 0.4) is 0 Å². The number of hydrazine groups is 1. The summed E-state index contributed by atoms with van der Waals surface area (Å²) in [6.07, 6.45) is 3.63. The van der Waals surface area contributed by atoms with Crippen molar-refractivity contribution >= 4 is 23.2 Å². The summed E-state index contributed by atoms with van der Waals surface area (Å²) >= 11 is 5.01. The van der Waals surface area contributed by atoms with Crippen LogP contribution in [0.25, 0.3) is 0 Å². The predicted molar refractivity (Wildman–Crippen MR) is 59.6 cm³/mol. The Morgan fingerprint density at radius 2 is 2.07 bits per heavy atom.